The molecule has 0 saturated carbocycles. The Balaban J connectivity index is 1.78. The first-order valence-electron chi connectivity index (χ1n) is 6.40. The minimum absolute atomic E-state index is 0.00819. The molecular formula is C15H12BrClO3S. The zero-order valence-electron chi connectivity index (χ0n) is 10.9. The molecule has 0 aliphatic heterocycles. The molecule has 0 N–H and O–H groups in total. The van der Waals surface area contributed by atoms with E-state index >= 15 is 0 Å². The molecule has 0 spiro atoms. The number of benzene rings is 2. The third-order valence-electron chi connectivity index (χ3n) is 3.57. The van der Waals surface area contributed by atoms with Crippen LogP contribution in [0.5, 0.6) is 5.75 Å². The molecule has 0 aromatic heterocycles. The van der Waals surface area contributed by atoms with E-state index in [4.69, 9.17) is 15.4 Å². The molecule has 3 rings (SSSR count). The van der Waals surface area contributed by atoms with Crippen molar-refractivity contribution in [2.75, 3.05) is 6.61 Å². The van der Waals surface area contributed by atoms with E-state index in [9.17, 15) is 8.42 Å². The Morgan fingerprint density at radius 1 is 1.24 bits per heavy atom. The Kier molecular flexibility index (Phi) is 3.99. The monoisotopic (exact) mass is 386 g/mol. The summed E-state index contributed by atoms with van der Waals surface area (Å²) in [6.45, 7) is 0.443. The lowest BCUT2D eigenvalue weighted by Crippen LogP contribution is -2.23. The van der Waals surface area contributed by atoms with Gasteiger partial charge in [0.2, 0.25) is 0 Å². The lowest BCUT2D eigenvalue weighted by atomic mass is 9.78. The molecule has 21 heavy (non-hydrogen) atoms. The highest BCUT2D eigenvalue weighted by Gasteiger charge is 2.27. The van der Waals surface area contributed by atoms with Crippen molar-refractivity contribution in [3.8, 4) is 5.75 Å². The summed E-state index contributed by atoms with van der Waals surface area (Å²) in [4.78, 5) is -0.00819. The first-order valence-corrected chi connectivity index (χ1v) is 9.50. The van der Waals surface area contributed by atoms with Crippen LogP contribution in [0.15, 0.2) is 51.8 Å². The minimum Gasteiger partial charge on any atom is -0.492 e. The lowest BCUT2D eigenvalue weighted by molar-refractivity contribution is 0.269. The number of ether oxygens (including phenoxy) is 1. The summed E-state index contributed by atoms with van der Waals surface area (Å²) in [5.41, 5.74) is 2.59. The number of hydrogen-bond donors (Lipinski definition) is 0. The quantitative estimate of drug-likeness (QED) is 0.742. The van der Waals surface area contributed by atoms with Gasteiger partial charge in [-0.15, -0.1) is 0 Å². The average molecular weight is 388 g/mol. The highest BCUT2D eigenvalue weighted by Crippen LogP contribution is 2.36. The maximum Gasteiger partial charge on any atom is 0.265 e. The van der Waals surface area contributed by atoms with Crippen LogP contribution in [0.2, 0.25) is 0 Å². The number of hydrogen-bond acceptors (Lipinski definition) is 3. The Labute approximate surface area is 136 Å². The Morgan fingerprint density at radius 2 is 2.00 bits per heavy atom. The van der Waals surface area contributed by atoms with E-state index in [1.165, 1.54) is 17.2 Å². The standard InChI is InChI=1S/C15H12BrClO3S/c16-12-5-6-14(15(8-12)21(17,18)19)20-9-11-7-10-3-1-2-4-13(10)11/h1-6,8,11H,7,9H2. The SMILES string of the molecule is O=S(=O)(Cl)c1cc(Br)ccc1OCC1Cc2ccccc21. The predicted octanol–water partition coefficient (Wildman–Crippen LogP) is 4.10. The van der Waals surface area contributed by atoms with Gasteiger partial charge in [0.15, 0.2) is 0 Å². The summed E-state index contributed by atoms with van der Waals surface area (Å²) in [5, 5.41) is 0. The second kappa shape index (κ2) is 5.63. The Bertz CT molecular complexity index is 789. The second-order valence-corrected chi connectivity index (χ2v) is 8.39. The summed E-state index contributed by atoms with van der Waals surface area (Å²) < 4.78 is 29.5. The Morgan fingerprint density at radius 3 is 2.71 bits per heavy atom. The van der Waals surface area contributed by atoms with Crippen molar-refractivity contribution in [2.24, 2.45) is 0 Å². The van der Waals surface area contributed by atoms with Gasteiger partial charge in [-0.25, -0.2) is 8.42 Å². The first kappa shape index (κ1) is 14.9. The molecule has 0 fully saturated rings. The van der Waals surface area contributed by atoms with Gasteiger partial charge in [0.05, 0.1) is 6.61 Å². The van der Waals surface area contributed by atoms with Crippen molar-refractivity contribution in [3.63, 3.8) is 0 Å². The van der Waals surface area contributed by atoms with E-state index in [1.807, 2.05) is 12.1 Å². The molecular weight excluding hydrogens is 376 g/mol. The van der Waals surface area contributed by atoms with Gasteiger partial charge < -0.3 is 4.74 Å². The van der Waals surface area contributed by atoms with E-state index in [2.05, 4.69) is 28.1 Å². The van der Waals surface area contributed by atoms with E-state index in [1.54, 1.807) is 12.1 Å². The fourth-order valence-electron chi connectivity index (χ4n) is 2.49. The summed E-state index contributed by atoms with van der Waals surface area (Å²) in [5.74, 6) is 0.591. The fourth-order valence-corrected chi connectivity index (χ4v) is 4.00. The van der Waals surface area contributed by atoms with Gasteiger partial charge in [0.1, 0.15) is 10.6 Å². The summed E-state index contributed by atoms with van der Waals surface area (Å²) in [6.07, 6.45) is 0.954. The van der Waals surface area contributed by atoms with Crippen LogP contribution in [0.1, 0.15) is 17.0 Å². The molecule has 1 aliphatic rings. The predicted molar refractivity (Wildman–Crippen MR) is 85.6 cm³/mol. The van der Waals surface area contributed by atoms with Crippen LogP contribution in [-0.4, -0.2) is 15.0 Å². The number of rotatable bonds is 4. The van der Waals surface area contributed by atoms with Crippen molar-refractivity contribution >= 4 is 35.7 Å². The first-order chi connectivity index (χ1) is 9.95. The molecule has 0 amide bonds. The van der Waals surface area contributed by atoms with Gasteiger partial charge in [-0.1, -0.05) is 40.2 Å². The molecule has 1 aliphatic carbocycles. The molecule has 1 atom stereocenters. The van der Waals surface area contributed by atoms with Gasteiger partial charge in [0.25, 0.3) is 9.05 Å². The van der Waals surface area contributed by atoms with Crippen molar-refractivity contribution in [2.45, 2.75) is 17.2 Å². The maximum atomic E-state index is 11.6. The average Bonchev–Trinajstić information content (AvgIpc) is 2.40. The van der Waals surface area contributed by atoms with E-state index in [0.29, 0.717) is 17.0 Å². The van der Waals surface area contributed by atoms with Crippen LogP contribution < -0.4 is 4.74 Å². The van der Waals surface area contributed by atoms with Crippen molar-refractivity contribution in [1.82, 2.24) is 0 Å². The van der Waals surface area contributed by atoms with Gasteiger partial charge in [0, 0.05) is 21.1 Å². The number of fused-ring (bicyclic) bond motifs is 1. The third kappa shape index (κ3) is 3.10. The number of halogens is 2. The highest BCUT2D eigenvalue weighted by molar-refractivity contribution is 9.10. The molecule has 0 radical (unpaired) electrons. The molecule has 2 aromatic carbocycles. The largest absolute Gasteiger partial charge is 0.492 e. The minimum atomic E-state index is -3.84. The Hall–Kier alpha value is -1.04. The summed E-state index contributed by atoms with van der Waals surface area (Å²) in [7, 11) is 1.62. The summed E-state index contributed by atoms with van der Waals surface area (Å²) in [6, 6.07) is 13.0. The van der Waals surface area contributed by atoms with Crippen LogP contribution in [0.3, 0.4) is 0 Å². The van der Waals surface area contributed by atoms with Crippen LogP contribution in [0.4, 0.5) is 0 Å². The van der Waals surface area contributed by atoms with Gasteiger partial charge in [-0.2, -0.15) is 0 Å². The molecule has 2 aromatic rings. The molecule has 0 bridgehead atoms. The second-order valence-electron chi connectivity index (χ2n) is 4.94. The lowest BCUT2D eigenvalue weighted by Gasteiger charge is -2.30. The van der Waals surface area contributed by atoms with Crippen LogP contribution in [-0.2, 0) is 15.5 Å². The molecule has 110 valence electrons. The van der Waals surface area contributed by atoms with E-state index in [-0.39, 0.29) is 10.6 Å². The van der Waals surface area contributed by atoms with Crippen molar-refractivity contribution < 1.29 is 13.2 Å². The van der Waals surface area contributed by atoms with Crippen LogP contribution >= 0.6 is 26.6 Å². The van der Waals surface area contributed by atoms with Crippen molar-refractivity contribution in [1.29, 1.82) is 0 Å². The fraction of sp³-hybridized carbons (Fsp3) is 0.200. The smallest absolute Gasteiger partial charge is 0.265 e. The van der Waals surface area contributed by atoms with Crippen LogP contribution in [0, 0.1) is 0 Å². The zero-order chi connectivity index (χ0) is 15.0. The molecule has 0 saturated heterocycles. The molecule has 3 nitrogen and oxygen atoms in total. The highest BCUT2D eigenvalue weighted by atomic mass is 79.9. The zero-order valence-corrected chi connectivity index (χ0v) is 14.1. The molecule has 1 unspecified atom stereocenters. The van der Waals surface area contributed by atoms with Crippen LogP contribution in [0.25, 0.3) is 0 Å². The normalized spacial score (nSPS) is 17.0. The maximum absolute atomic E-state index is 11.6. The van der Waals surface area contributed by atoms with Gasteiger partial charge >= 0.3 is 0 Å². The van der Waals surface area contributed by atoms with E-state index < -0.39 is 9.05 Å². The molecule has 6 heteroatoms. The van der Waals surface area contributed by atoms with E-state index in [0.717, 1.165) is 6.42 Å². The molecule has 0 heterocycles. The van der Waals surface area contributed by atoms with Crippen molar-refractivity contribution in [3.05, 3.63) is 58.1 Å². The third-order valence-corrected chi connectivity index (χ3v) is 5.41. The van der Waals surface area contributed by atoms with Gasteiger partial charge in [-0.05, 0) is 35.7 Å². The topological polar surface area (TPSA) is 43.4 Å². The summed E-state index contributed by atoms with van der Waals surface area (Å²) >= 11 is 3.24. The van der Waals surface area contributed by atoms with Gasteiger partial charge in [-0.3, -0.25) is 0 Å².